The van der Waals surface area contributed by atoms with Crippen molar-refractivity contribution >= 4 is 0 Å². The lowest BCUT2D eigenvalue weighted by atomic mass is 10.1. The fraction of sp³-hybridized carbons (Fsp3) is 0.286. The summed E-state index contributed by atoms with van der Waals surface area (Å²) < 4.78 is 15.5. The van der Waals surface area contributed by atoms with Crippen LogP contribution in [0, 0.1) is 17.1 Å². The van der Waals surface area contributed by atoms with E-state index in [-0.39, 0.29) is 5.82 Å². The van der Waals surface area contributed by atoms with Gasteiger partial charge in [0.15, 0.2) is 0 Å². The van der Waals surface area contributed by atoms with Gasteiger partial charge < -0.3 is 9.88 Å². The lowest BCUT2D eigenvalue weighted by molar-refractivity contribution is 0.599. The van der Waals surface area contributed by atoms with Gasteiger partial charge in [0.1, 0.15) is 5.82 Å². The second kappa shape index (κ2) is 6.12. The maximum Gasteiger partial charge on any atom is 0.128 e. The summed E-state index contributed by atoms with van der Waals surface area (Å²) >= 11 is 0. The zero-order valence-corrected chi connectivity index (χ0v) is 10.7. The highest BCUT2D eigenvalue weighted by Gasteiger charge is 2.05. The van der Waals surface area contributed by atoms with E-state index in [0.717, 1.165) is 12.2 Å². The molecule has 98 valence electrons. The number of halogens is 1. The number of benzene rings is 1. The van der Waals surface area contributed by atoms with Gasteiger partial charge in [0.25, 0.3) is 0 Å². The molecule has 19 heavy (non-hydrogen) atoms. The zero-order chi connectivity index (χ0) is 13.7. The normalized spacial score (nSPS) is 10.4. The van der Waals surface area contributed by atoms with E-state index in [4.69, 9.17) is 5.26 Å². The van der Waals surface area contributed by atoms with Crippen molar-refractivity contribution in [1.29, 1.82) is 5.26 Å². The second-order valence-electron chi connectivity index (χ2n) is 4.24. The lowest BCUT2D eigenvalue weighted by Gasteiger charge is -2.04. The monoisotopic (exact) mass is 258 g/mol. The van der Waals surface area contributed by atoms with Gasteiger partial charge in [-0.3, -0.25) is 0 Å². The molecule has 5 heteroatoms. The molecule has 1 N–H and O–H groups in total. The quantitative estimate of drug-likeness (QED) is 0.893. The average Bonchev–Trinajstić information content (AvgIpc) is 2.86. The van der Waals surface area contributed by atoms with Gasteiger partial charge >= 0.3 is 0 Å². The van der Waals surface area contributed by atoms with E-state index >= 15 is 0 Å². The number of nitrogens with one attached hydrogen (secondary N) is 1. The van der Waals surface area contributed by atoms with Crippen molar-refractivity contribution in [3.05, 3.63) is 53.4 Å². The summed E-state index contributed by atoms with van der Waals surface area (Å²) in [6, 6.07) is 6.38. The molecule has 0 aliphatic rings. The third kappa shape index (κ3) is 3.39. The molecule has 4 nitrogen and oxygen atoms in total. The van der Waals surface area contributed by atoms with Gasteiger partial charge in [0.05, 0.1) is 30.2 Å². The lowest BCUT2D eigenvalue weighted by Crippen LogP contribution is -2.11. The van der Waals surface area contributed by atoms with Crippen molar-refractivity contribution < 1.29 is 4.39 Å². The zero-order valence-electron chi connectivity index (χ0n) is 10.7. The van der Waals surface area contributed by atoms with Crippen molar-refractivity contribution in [1.82, 2.24) is 14.9 Å². The predicted octanol–water partition coefficient (Wildman–Crippen LogP) is 2.05. The predicted molar refractivity (Wildman–Crippen MR) is 69.8 cm³/mol. The number of hydrogen-bond donors (Lipinski definition) is 1. The third-order valence-electron chi connectivity index (χ3n) is 2.77. The van der Waals surface area contributed by atoms with Gasteiger partial charge in [0, 0.05) is 18.3 Å². The number of nitrogens with zero attached hydrogens (tertiary/aromatic N) is 3. The Labute approximate surface area is 111 Å². The fourth-order valence-corrected chi connectivity index (χ4v) is 1.80. The summed E-state index contributed by atoms with van der Waals surface area (Å²) in [4.78, 5) is 4.24. The van der Waals surface area contributed by atoms with Crippen LogP contribution in [0.3, 0.4) is 0 Å². The molecule has 1 heterocycles. The smallest absolute Gasteiger partial charge is 0.128 e. The van der Waals surface area contributed by atoms with Crippen molar-refractivity contribution in [2.24, 2.45) is 0 Å². The molecule has 1 aromatic heterocycles. The SMILES string of the molecule is CCNCc1cn(Cc2cc(C#N)ccc2F)cn1. The average molecular weight is 258 g/mol. The Bertz CT molecular complexity index is 598. The van der Waals surface area contributed by atoms with Crippen molar-refractivity contribution in [2.45, 2.75) is 20.0 Å². The Balaban J connectivity index is 2.12. The molecule has 2 aromatic rings. The molecule has 0 saturated heterocycles. The number of aromatic nitrogens is 2. The Morgan fingerprint density at radius 2 is 2.32 bits per heavy atom. The molecule has 0 saturated carbocycles. The molecule has 0 fully saturated rings. The van der Waals surface area contributed by atoms with Crippen molar-refractivity contribution in [3.8, 4) is 6.07 Å². The van der Waals surface area contributed by atoms with Gasteiger partial charge in [-0.2, -0.15) is 5.26 Å². The van der Waals surface area contributed by atoms with Crippen LogP contribution < -0.4 is 5.32 Å². The van der Waals surface area contributed by atoms with E-state index in [2.05, 4.69) is 10.3 Å². The third-order valence-corrected chi connectivity index (χ3v) is 2.77. The van der Waals surface area contributed by atoms with Crippen LogP contribution in [0.1, 0.15) is 23.7 Å². The van der Waals surface area contributed by atoms with Crippen LogP contribution in [0.5, 0.6) is 0 Å². The van der Waals surface area contributed by atoms with Crippen LogP contribution in [0.15, 0.2) is 30.7 Å². The number of imidazole rings is 1. The molecule has 0 aliphatic heterocycles. The summed E-state index contributed by atoms with van der Waals surface area (Å²) in [5.74, 6) is -0.305. The first-order valence-electron chi connectivity index (χ1n) is 6.13. The van der Waals surface area contributed by atoms with E-state index in [1.807, 2.05) is 23.8 Å². The van der Waals surface area contributed by atoms with Gasteiger partial charge in [0.2, 0.25) is 0 Å². The van der Waals surface area contributed by atoms with Crippen LogP contribution >= 0.6 is 0 Å². The molecule has 0 aliphatic carbocycles. The molecule has 0 amide bonds. The van der Waals surface area contributed by atoms with E-state index in [0.29, 0.717) is 24.2 Å². The molecule has 0 unspecified atom stereocenters. The Kier molecular flexibility index (Phi) is 4.26. The fourth-order valence-electron chi connectivity index (χ4n) is 1.80. The molecule has 1 aromatic carbocycles. The highest BCUT2D eigenvalue weighted by atomic mass is 19.1. The van der Waals surface area contributed by atoms with Crippen LogP contribution in [0.4, 0.5) is 4.39 Å². The summed E-state index contributed by atoms with van der Waals surface area (Å²) in [6.45, 7) is 3.98. The first kappa shape index (κ1) is 13.2. The van der Waals surface area contributed by atoms with Gasteiger partial charge in [-0.1, -0.05) is 6.92 Å². The molecule has 0 bridgehead atoms. The number of hydrogen-bond acceptors (Lipinski definition) is 3. The van der Waals surface area contributed by atoms with Crippen LogP contribution in [-0.4, -0.2) is 16.1 Å². The largest absolute Gasteiger partial charge is 0.333 e. The summed E-state index contributed by atoms with van der Waals surface area (Å²) in [5, 5.41) is 12.0. The van der Waals surface area contributed by atoms with Crippen molar-refractivity contribution in [3.63, 3.8) is 0 Å². The second-order valence-corrected chi connectivity index (χ2v) is 4.24. The van der Waals surface area contributed by atoms with Gasteiger partial charge in [-0.05, 0) is 24.7 Å². The van der Waals surface area contributed by atoms with Crippen LogP contribution in [0.25, 0.3) is 0 Å². The maximum atomic E-state index is 13.6. The van der Waals surface area contributed by atoms with Crippen LogP contribution in [-0.2, 0) is 13.1 Å². The molecular weight excluding hydrogens is 243 g/mol. The first-order chi connectivity index (χ1) is 9.22. The first-order valence-corrected chi connectivity index (χ1v) is 6.13. The van der Waals surface area contributed by atoms with E-state index < -0.39 is 0 Å². The highest BCUT2D eigenvalue weighted by molar-refractivity contribution is 5.33. The maximum absolute atomic E-state index is 13.6. The van der Waals surface area contributed by atoms with Gasteiger partial charge in [-0.25, -0.2) is 9.37 Å². The minimum atomic E-state index is -0.305. The number of rotatable bonds is 5. The summed E-state index contributed by atoms with van der Waals surface area (Å²) in [7, 11) is 0. The van der Waals surface area contributed by atoms with Crippen LogP contribution in [0.2, 0.25) is 0 Å². The molecule has 0 spiro atoms. The Hall–Kier alpha value is -2.19. The standard InChI is InChI=1S/C14H15FN4/c1-2-17-7-13-9-19(10-18-13)8-12-5-11(6-16)3-4-14(12)15/h3-5,9-10,17H,2,7-8H2,1H3. The Morgan fingerprint density at radius 3 is 3.05 bits per heavy atom. The van der Waals surface area contributed by atoms with E-state index in [1.54, 1.807) is 12.4 Å². The molecular formula is C14H15FN4. The Morgan fingerprint density at radius 1 is 1.47 bits per heavy atom. The van der Waals surface area contributed by atoms with Gasteiger partial charge in [-0.15, -0.1) is 0 Å². The summed E-state index contributed by atoms with van der Waals surface area (Å²) in [6.07, 6.45) is 3.55. The summed E-state index contributed by atoms with van der Waals surface area (Å²) in [5.41, 5.74) is 1.87. The molecule has 2 rings (SSSR count). The topological polar surface area (TPSA) is 53.6 Å². The minimum Gasteiger partial charge on any atom is -0.333 e. The van der Waals surface area contributed by atoms with E-state index in [1.165, 1.54) is 12.1 Å². The molecule has 0 radical (unpaired) electrons. The highest BCUT2D eigenvalue weighted by Crippen LogP contribution is 2.12. The van der Waals surface area contributed by atoms with Crippen molar-refractivity contribution in [2.75, 3.05) is 6.54 Å². The minimum absolute atomic E-state index is 0.305. The number of nitriles is 1. The molecule has 0 atom stereocenters. The van der Waals surface area contributed by atoms with E-state index in [9.17, 15) is 4.39 Å².